The van der Waals surface area contributed by atoms with E-state index in [0.29, 0.717) is 12.1 Å². The van der Waals surface area contributed by atoms with Crippen LogP contribution in [-0.4, -0.2) is 33.1 Å². The minimum Gasteiger partial charge on any atom is -0.466 e. The van der Waals surface area contributed by atoms with Gasteiger partial charge in [-0.05, 0) is 84.0 Å². The molecule has 40 heavy (non-hydrogen) atoms. The van der Waals surface area contributed by atoms with E-state index in [-0.39, 0.29) is 11.8 Å². The van der Waals surface area contributed by atoms with Crippen LogP contribution in [0.4, 0.5) is 11.4 Å². The molecule has 6 nitrogen and oxygen atoms in total. The molecule has 0 atom stereocenters. The fraction of sp³-hybridized carbons (Fsp3) is 0.324. The van der Waals surface area contributed by atoms with Gasteiger partial charge in [-0.1, -0.05) is 49.6 Å². The number of rotatable bonds is 8. The first-order valence-corrected chi connectivity index (χ1v) is 13.8. The highest BCUT2D eigenvalue weighted by Gasteiger charge is 2.27. The van der Waals surface area contributed by atoms with Crippen molar-refractivity contribution in [3.05, 3.63) is 89.0 Å². The molecule has 1 saturated carbocycles. The van der Waals surface area contributed by atoms with Crippen molar-refractivity contribution < 1.29 is 14.3 Å². The van der Waals surface area contributed by atoms with Gasteiger partial charge in [0.05, 0.1) is 25.3 Å². The van der Waals surface area contributed by atoms with Crippen LogP contribution in [0.25, 0.3) is 17.2 Å². The molecular formula is C34H37N3O3. The first-order chi connectivity index (χ1) is 19.3. The van der Waals surface area contributed by atoms with Crippen LogP contribution in [0.1, 0.15) is 54.4 Å². The van der Waals surface area contributed by atoms with E-state index in [1.54, 1.807) is 6.08 Å². The Balaban J connectivity index is 1.68. The van der Waals surface area contributed by atoms with Crippen molar-refractivity contribution >= 4 is 29.3 Å². The lowest BCUT2D eigenvalue weighted by Gasteiger charge is -2.30. The first-order valence-electron chi connectivity index (χ1n) is 13.8. The van der Waals surface area contributed by atoms with Crippen molar-refractivity contribution in [2.45, 2.75) is 45.6 Å². The quantitative estimate of drug-likeness (QED) is 0.232. The minimum absolute atomic E-state index is 0.0180. The summed E-state index contributed by atoms with van der Waals surface area (Å²) in [6.07, 6.45) is 8.13. The van der Waals surface area contributed by atoms with E-state index in [1.165, 1.54) is 19.6 Å². The van der Waals surface area contributed by atoms with Gasteiger partial charge < -0.3 is 14.5 Å². The van der Waals surface area contributed by atoms with Crippen LogP contribution in [0.2, 0.25) is 0 Å². The molecule has 0 unspecified atom stereocenters. The minimum atomic E-state index is -0.434. The van der Waals surface area contributed by atoms with E-state index < -0.39 is 5.97 Å². The number of amides is 1. The van der Waals surface area contributed by atoms with Crippen LogP contribution in [0, 0.1) is 24.2 Å². The van der Waals surface area contributed by atoms with E-state index in [0.717, 1.165) is 64.9 Å². The molecule has 0 aliphatic heterocycles. The molecule has 0 saturated heterocycles. The van der Waals surface area contributed by atoms with Crippen LogP contribution in [-0.2, 0) is 20.9 Å². The van der Waals surface area contributed by atoms with Crippen LogP contribution in [0.15, 0.2) is 66.7 Å². The number of nitrogens with zero attached hydrogens (tertiary/aromatic N) is 3. The molecule has 1 amide bonds. The van der Waals surface area contributed by atoms with Gasteiger partial charge in [0, 0.05) is 37.5 Å². The Bertz CT molecular complexity index is 1450. The molecule has 1 aliphatic rings. The second kappa shape index (κ2) is 13.1. The molecule has 206 valence electrons. The molecule has 1 aliphatic carbocycles. The molecule has 6 heteroatoms. The zero-order chi connectivity index (χ0) is 28.6. The highest BCUT2D eigenvalue weighted by Crippen LogP contribution is 2.32. The zero-order valence-corrected chi connectivity index (χ0v) is 23.8. The predicted octanol–water partition coefficient (Wildman–Crippen LogP) is 6.90. The number of carbonyl (C=O) groups is 2. The van der Waals surface area contributed by atoms with Gasteiger partial charge in [-0.2, -0.15) is 5.26 Å². The SMILES string of the molecule is COC(=O)/C=C/c1cccc(N(Cc2ccc(-c3ccc(N(C)C)cc3C)c(C#N)c2)C(=O)C2CCCCC2)c1. The highest BCUT2D eigenvalue weighted by atomic mass is 16.5. The van der Waals surface area contributed by atoms with E-state index in [9.17, 15) is 14.9 Å². The van der Waals surface area contributed by atoms with E-state index in [1.807, 2.05) is 61.5 Å². The van der Waals surface area contributed by atoms with Gasteiger partial charge >= 0.3 is 5.97 Å². The van der Waals surface area contributed by atoms with Crippen molar-refractivity contribution in [3.63, 3.8) is 0 Å². The maximum absolute atomic E-state index is 13.9. The van der Waals surface area contributed by atoms with Crippen molar-refractivity contribution in [1.82, 2.24) is 0 Å². The Morgan fingerprint density at radius 3 is 2.40 bits per heavy atom. The third-order valence-corrected chi connectivity index (χ3v) is 7.58. The van der Waals surface area contributed by atoms with E-state index in [2.05, 4.69) is 36.1 Å². The Hall–Kier alpha value is -4.37. The summed E-state index contributed by atoms with van der Waals surface area (Å²) in [6, 6.07) is 22.1. The van der Waals surface area contributed by atoms with Gasteiger partial charge in [0.25, 0.3) is 0 Å². The zero-order valence-electron chi connectivity index (χ0n) is 23.8. The summed E-state index contributed by atoms with van der Waals surface area (Å²) in [5.74, 6) is -0.349. The lowest BCUT2D eigenvalue weighted by Crippen LogP contribution is -2.36. The topological polar surface area (TPSA) is 73.6 Å². The van der Waals surface area contributed by atoms with Crippen LogP contribution >= 0.6 is 0 Å². The average Bonchev–Trinajstić information content (AvgIpc) is 2.98. The molecule has 0 bridgehead atoms. The number of hydrogen-bond acceptors (Lipinski definition) is 5. The largest absolute Gasteiger partial charge is 0.466 e. The summed E-state index contributed by atoms with van der Waals surface area (Å²) in [5.41, 5.74) is 7.15. The number of nitriles is 1. The molecule has 3 aromatic rings. The second-order valence-corrected chi connectivity index (χ2v) is 10.6. The monoisotopic (exact) mass is 535 g/mol. The van der Waals surface area contributed by atoms with Gasteiger partial charge in [-0.3, -0.25) is 4.79 Å². The van der Waals surface area contributed by atoms with Crippen molar-refractivity contribution in [2.24, 2.45) is 5.92 Å². The maximum atomic E-state index is 13.9. The molecule has 3 aromatic carbocycles. The summed E-state index contributed by atoms with van der Waals surface area (Å²) in [5, 5.41) is 10.1. The number of esters is 1. The van der Waals surface area contributed by atoms with Crippen LogP contribution in [0.5, 0.6) is 0 Å². The molecular weight excluding hydrogens is 498 g/mol. The Morgan fingerprint density at radius 2 is 1.73 bits per heavy atom. The Morgan fingerprint density at radius 1 is 0.975 bits per heavy atom. The third-order valence-electron chi connectivity index (χ3n) is 7.58. The third kappa shape index (κ3) is 6.79. The lowest BCUT2D eigenvalue weighted by molar-refractivity contribution is -0.134. The molecule has 4 rings (SSSR count). The second-order valence-electron chi connectivity index (χ2n) is 10.6. The maximum Gasteiger partial charge on any atom is 0.330 e. The normalized spacial score (nSPS) is 13.6. The first kappa shape index (κ1) is 28.6. The van der Waals surface area contributed by atoms with Crippen molar-refractivity contribution in [3.8, 4) is 17.2 Å². The van der Waals surface area contributed by atoms with Crippen molar-refractivity contribution in [2.75, 3.05) is 31.0 Å². The van der Waals surface area contributed by atoms with E-state index >= 15 is 0 Å². The molecule has 0 spiro atoms. The number of hydrogen-bond donors (Lipinski definition) is 0. The number of ether oxygens (including phenoxy) is 1. The van der Waals surface area contributed by atoms with Gasteiger partial charge in [0.2, 0.25) is 5.91 Å². The van der Waals surface area contributed by atoms with Gasteiger partial charge in [-0.25, -0.2) is 4.79 Å². The summed E-state index contributed by atoms with van der Waals surface area (Å²) in [6.45, 7) is 2.41. The molecule has 1 fully saturated rings. The Kier molecular flexibility index (Phi) is 9.39. The van der Waals surface area contributed by atoms with Gasteiger partial charge in [0.1, 0.15) is 0 Å². The highest BCUT2D eigenvalue weighted by molar-refractivity contribution is 5.95. The van der Waals surface area contributed by atoms with Crippen LogP contribution < -0.4 is 9.80 Å². The molecule has 0 N–H and O–H groups in total. The Labute approximate surface area is 237 Å². The summed E-state index contributed by atoms with van der Waals surface area (Å²) in [4.78, 5) is 29.4. The average molecular weight is 536 g/mol. The lowest BCUT2D eigenvalue weighted by atomic mass is 9.88. The standard InChI is InChI=1S/C34H37N3O3/c1-24-19-29(36(2)3)15-17-31(24)32-16-13-26(20-28(32)22-35)23-37(34(39)27-10-6-5-7-11-27)30-12-8-9-25(21-30)14-18-33(38)40-4/h8-9,12-21,27H,5-7,10-11,23H2,1-4H3/b18-14+. The van der Waals surface area contributed by atoms with Gasteiger partial charge in [-0.15, -0.1) is 0 Å². The summed E-state index contributed by atoms with van der Waals surface area (Å²) < 4.78 is 4.71. The fourth-order valence-electron chi connectivity index (χ4n) is 5.32. The smallest absolute Gasteiger partial charge is 0.330 e. The van der Waals surface area contributed by atoms with Crippen molar-refractivity contribution in [1.29, 1.82) is 5.26 Å². The number of aryl methyl sites for hydroxylation is 1. The number of benzene rings is 3. The number of anilines is 2. The molecule has 0 heterocycles. The number of carbonyl (C=O) groups excluding carboxylic acids is 2. The van der Waals surface area contributed by atoms with E-state index in [4.69, 9.17) is 4.74 Å². The molecule has 0 aromatic heterocycles. The molecule has 0 radical (unpaired) electrons. The fourth-order valence-corrected chi connectivity index (χ4v) is 5.32. The van der Waals surface area contributed by atoms with Gasteiger partial charge in [0.15, 0.2) is 0 Å². The summed E-state index contributed by atoms with van der Waals surface area (Å²) >= 11 is 0. The van der Waals surface area contributed by atoms with Crippen LogP contribution in [0.3, 0.4) is 0 Å². The summed E-state index contributed by atoms with van der Waals surface area (Å²) in [7, 11) is 5.36. The predicted molar refractivity (Wildman–Crippen MR) is 161 cm³/mol. The number of methoxy groups -OCH3 is 1.